The van der Waals surface area contributed by atoms with E-state index in [-0.39, 0.29) is 0 Å². The third-order valence-electron chi connectivity index (χ3n) is 2.75. The van der Waals surface area contributed by atoms with Gasteiger partial charge in [-0.25, -0.2) is 4.98 Å². The van der Waals surface area contributed by atoms with Crippen LogP contribution in [0.15, 0.2) is 39.3 Å². The number of rotatable bonds is 4. The van der Waals surface area contributed by atoms with Crippen molar-refractivity contribution in [2.45, 2.75) is 5.75 Å². The van der Waals surface area contributed by atoms with Gasteiger partial charge in [0.25, 0.3) is 0 Å². The maximum atomic E-state index is 8.51. The average molecular weight is 361 g/mol. The highest BCUT2D eigenvalue weighted by molar-refractivity contribution is 9.10. The summed E-state index contributed by atoms with van der Waals surface area (Å²) in [6, 6.07) is 11.9. The summed E-state index contributed by atoms with van der Waals surface area (Å²) in [7, 11) is 0. The summed E-state index contributed by atoms with van der Waals surface area (Å²) >= 11 is 4.93. The Bertz CT molecular complexity index is 827. The maximum Gasteiger partial charge on any atom is 0.237 e. The number of fused-ring (bicyclic) bond motifs is 1. The molecule has 0 saturated carbocycles. The van der Waals surface area contributed by atoms with Gasteiger partial charge in [0.2, 0.25) is 11.7 Å². The second-order valence-electron chi connectivity index (χ2n) is 4.17. The van der Waals surface area contributed by atoms with E-state index >= 15 is 0 Å². The minimum Gasteiger partial charge on any atom is -0.338 e. The Morgan fingerprint density at radius 2 is 2.14 bits per heavy atom. The number of thioether (sulfide) groups is 1. The quantitative estimate of drug-likeness (QED) is 0.658. The third kappa shape index (κ3) is 3.06. The van der Waals surface area contributed by atoms with Crippen LogP contribution in [0.25, 0.3) is 22.4 Å². The zero-order valence-electron chi connectivity index (χ0n) is 10.8. The average Bonchev–Trinajstić information content (AvgIpc) is 2.95. The predicted molar refractivity (Wildman–Crippen MR) is 84.5 cm³/mol. The van der Waals surface area contributed by atoms with Gasteiger partial charge in [-0.2, -0.15) is 10.2 Å². The first kappa shape index (κ1) is 14.0. The molecule has 3 aromatic rings. The molecule has 0 bridgehead atoms. The van der Waals surface area contributed by atoms with Gasteiger partial charge in [0.05, 0.1) is 23.1 Å². The van der Waals surface area contributed by atoms with E-state index in [9.17, 15) is 0 Å². The lowest BCUT2D eigenvalue weighted by atomic mass is 10.2. The summed E-state index contributed by atoms with van der Waals surface area (Å²) in [6.45, 7) is 0. The first-order chi connectivity index (χ1) is 10.3. The van der Waals surface area contributed by atoms with E-state index < -0.39 is 0 Å². The minimum absolute atomic E-state index is 0.398. The van der Waals surface area contributed by atoms with Crippen molar-refractivity contribution in [2.24, 2.45) is 0 Å². The molecule has 0 spiro atoms. The molecule has 1 aromatic carbocycles. The Morgan fingerprint density at radius 3 is 3.00 bits per heavy atom. The highest BCUT2D eigenvalue weighted by Gasteiger charge is 2.14. The molecular formula is C14H9BrN4OS. The third-order valence-corrected chi connectivity index (χ3v) is 4.14. The Morgan fingerprint density at radius 1 is 1.29 bits per heavy atom. The molecular weight excluding hydrogens is 352 g/mol. The summed E-state index contributed by atoms with van der Waals surface area (Å²) in [5.74, 6) is 1.86. The molecule has 0 fully saturated rings. The van der Waals surface area contributed by atoms with Crippen LogP contribution in [0.4, 0.5) is 0 Å². The van der Waals surface area contributed by atoms with Crippen LogP contribution in [0.2, 0.25) is 0 Å². The van der Waals surface area contributed by atoms with Gasteiger partial charge in [-0.3, -0.25) is 0 Å². The first-order valence-corrected chi connectivity index (χ1v) is 8.05. The number of hydrogen-bond donors (Lipinski definition) is 0. The standard InChI is InChI=1S/C14H9BrN4OS/c15-10-7-9-3-1-2-4-11(9)17-13(10)14-18-12(20-19-14)8-21-6-5-16/h1-4,7H,6,8H2. The van der Waals surface area contributed by atoms with Crippen molar-refractivity contribution in [3.63, 3.8) is 0 Å². The van der Waals surface area contributed by atoms with E-state index in [0.29, 0.717) is 28.9 Å². The van der Waals surface area contributed by atoms with Crippen LogP contribution in [0.1, 0.15) is 5.89 Å². The van der Waals surface area contributed by atoms with Crippen LogP contribution in [-0.4, -0.2) is 20.9 Å². The highest BCUT2D eigenvalue weighted by Crippen LogP contribution is 2.28. The van der Waals surface area contributed by atoms with Gasteiger partial charge in [0.15, 0.2) is 0 Å². The van der Waals surface area contributed by atoms with Gasteiger partial charge in [-0.15, -0.1) is 11.8 Å². The van der Waals surface area contributed by atoms with E-state index in [0.717, 1.165) is 15.4 Å². The molecule has 21 heavy (non-hydrogen) atoms. The lowest BCUT2D eigenvalue weighted by Gasteiger charge is -2.02. The van der Waals surface area contributed by atoms with Crippen LogP contribution >= 0.6 is 27.7 Å². The molecule has 2 heterocycles. The van der Waals surface area contributed by atoms with Crippen molar-refractivity contribution < 1.29 is 4.52 Å². The summed E-state index contributed by atoms with van der Waals surface area (Å²) in [5, 5.41) is 13.5. The monoisotopic (exact) mass is 360 g/mol. The Kier molecular flexibility index (Phi) is 4.18. The van der Waals surface area contributed by atoms with E-state index in [1.165, 1.54) is 11.8 Å². The molecule has 7 heteroatoms. The van der Waals surface area contributed by atoms with Gasteiger partial charge < -0.3 is 4.52 Å². The SMILES string of the molecule is N#CCSCc1nc(-c2nc3ccccc3cc2Br)no1. The lowest BCUT2D eigenvalue weighted by Crippen LogP contribution is -1.90. The molecule has 2 aromatic heterocycles. The molecule has 0 radical (unpaired) electrons. The summed E-state index contributed by atoms with van der Waals surface area (Å²) in [4.78, 5) is 8.88. The molecule has 0 aliphatic heterocycles. The van der Waals surface area contributed by atoms with Crippen molar-refractivity contribution in [3.05, 3.63) is 40.7 Å². The summed E-state index contributed by atoms with van der Waals surface area (Å²) < 4.78 is 6.00. The summed E-state index contributed by atoms with van der Waals surface area (Å²) in [5.41, 5.74) is 1.52. The number of benzene rings is 1. The van der Waals surface area contributed by atoms with Gasteiger partial charge in [0, 0.05) is 9.86 Å². The number of nitriles is 1. The highest BCUT2D eigenvalue weighted by atomic mass is 79.9. The number of nitrogens with zero attached hydrogens (tertiary/aromatic N) is 4. The van der Waals surface area contributed by atoms with Gasteiger partial charge in [0.1, 0.15) is 5.69 Å². The fraction of sp³-hybridized carbons (Fsp3) is 0.143. The van der Waals surface area contributed by atoms with E-state index in [2.05, 4.69) is 37.1 Å². The van der Waals surface area contributed by atoms with Crippen LogP contribution in [0.3, 0.4) is 0 Å². The van der Waals surface area contributed by atoms with Crippen molar-refractivity contribution in [1.82, 2.24) is 15.1 Å². The Balaban J connectivity index is 1.93. The molecule has 3 rings (SSSR count). The first-order valence-electron chi connectivity index (χ1n) is 6.11. The van der Waals surface area contributed by atoms with Crippen molar-refractivity contribution in [2.75, 3.05) is 5.75 Å². The molecule has 0 saturated heterocycles. The number of hydrogen-bond acceptors (Lipinski definition) is 6. The molecule has 0 amide bonds. The van der Waals surface area contributed by atoms with Gasteiger partial charge in [-0.1, -0.05) is 23.4 Å². The fourth-order valence-electron chi connectivity index (χ4n) is 1.84. The van der Waals surface area contributed by atoms with Crippen molar-refractivity contribution >= 4 is 38.6 Å². The maximum absolute atomic E-state index is 8.51. The normalized spacial score (nSPS) is 10.7. The molecule has 0 atom stereocenters. The lowest BCUT2D eigenvalue weighted by molar-refractivity contribution is 0.391. The van der Waals surface area contributed by atoms with Crippen molar-refractivity contribution in [1.29, 1.82) is 5.26 Å². The van der Waals surface area contributed by atoms with Crippen LogP contribution in [0, 0.1) is 11.3 Å². The van der Waals surface area contributed by atoms with E-state index in [1.807, 2.05) is 30.3 Å². The molecule has 0 aliphatic carbocycles. The molecule has 104 valence electrons. The Labute approximate surface area is 133 Å². The summed E-state index contributed by atoms with van der Waals surface area (Å²) in [6.07, 6.45) is 0. The number of aromatic nitrogens is 3. The number of halogens is 1. The predicted octanol–water partition coefficient (Wildman–Crippen LogP) is 3.80. The largest absolute Gasteiger partial charge is 0.338 e. The van der Waals surface area contributed by atoms with Gasteiger partial charge in [-0.05, 0) is 28.1 Å². The fourth-order valence-corrected chi connectivity index (χ4v) is 2.84. The Hall–Kier alpha value is -1.91. The smallest absolute Gasteiger partial charge is 0.237 e. The van der Waals surface area contributed by atoms with Crippen LogP contribution in [-0.2, 0) is 5.75 Å². The van der Waals surface area contributed by atoms with Crippen LogP contribution < -0.4 is 0 Å². The van der Waals surface area contributed by atoms with E-state index in [4.69, 9.17) is 9.78 Å². The van der Waals surface area contributed by atoms with E-state index in [1.54, 1.807) is 0 Å². The topological polar surface area (TPSA) is 75.6 Å². The molecule has 0 unspecified atom stereocenters. The van der Waals surface area contributed by atoms with Gasteiger partial charge >= 0.3 is 0 Å². The zero-order valence-corrected chi connectivity index (χ0v) is 13.2. The second-order valence-corrected chi connectivity index (χ2v) is 6.01. The van der Waals surface area contributed by atoms with Crippen molar-refractivity contribution in [3.8, 4) is 17.6 Å². The number of pyridine rings is 1. The molecule has 0 aliphatic rings. The minimum atomic E-state index is 0.398. The molecule has 0 N–H and O–H groups in total. The van der Waals surface area contributed by atoms with Crippen LogP contribution in [0.5, 0.6) is 0 Å². The zero-order chi connectivity index (χ0) is 14.7. The number of para-hydroxylation sites is 1. The molecule has 5 nitrogen and oxygen atoms in total. The second kappa shape index (κ2) is 6.24.